The maximum atomic E-state index is 13.1. The third kappa shape index (κ3) is 3.34. The van der Waals surface area contributed by atoms with E-state index in [2.05, 4.69) is 72.8 Å². The quantitative estimate of drug-likeness (QED) is 0.523. The molecule has 1 heterocycles. The van der Waals surface area contributed by atoms with Gasteiger partial charge in [0.15, 0.2) is 5.66 Å². The summed E-state index contributed by atoms with van der Waals surface area (Å²) in [5.41, 5.74) is -0.222. The second-order valence-electron chi connectivity index (χ2n) is 6.38. The topological polar surface area (TPSA) is 29.5 Å². The van der Waals surface area contributed by atoms with Gasteiger partial charge in [-0.1, -0.05) is 54.6 Å². The second kappa shape index (κ2) is 8.35. The Labute approximate surface area is 171 Å². The molecule has 1 saturated heterocycles. The lowest BCUT2D eigenvalue weighted by Gasteiger charge is -2.30. The molecule has 0 radical (unpaired) electrons. The summed E-state index contributed by atoms with van der Waals surface area (Å²) < 4.78 is 0. The SMILES string of the molecule is CN1OCC([P+](c2ccccc2)(c2ccccc2)c2ccccc2)C1=O.[Br-]. The number of amides is 1. The van der Waals surface area contributed by atoms with Crippen LogP contribution in [0.5, 0.6) is 0 Å². The maximum absolute atomic E-state index is 13.1. The number of carbonyl (C=O) groups is 1. The van der Waals surface area contributed by atoms with E-state index in [1.165, 1.54) is 21.0 Å². The van der Waals surface area contributed by atoms with Gasteiger partial charge >= 0.3 is 0 Å². The molecule has 0 saturated carbocycles. The minimum atomic E-state index is -2.21. The Balaban J connectivity index is 0.00000210. The molecule has 4 rings (SSSR count). The Morgan fingerprint density at radius 2 is 1.15 bits per heavy atom. The second-order valence-corrected chi connectivity index (χ2v) is 9.99. The van der Waals surface area contributed by atoms with Gasteiger partial charge in [-0.25, -0.2) is 5.06 Å². The summed E-state index contributed by atoms with van der Waals surface area (Å²) in [5, 5.41) is 5.01. The highest BCUT2D eigenvalue weighted by Gasteiger charge is 2.59. The maximum Gasteiger partial charge on any atom is 0.290 e. The number of hydroxylamine groups is 2. The van der Waals surface area contributed by atoms with Crippen molar-refractivity contribution in [2.45, 2.75) is 5.66 Å². The van der Waals surface area contributed by atoms with Crippen LogP contribution in [0.25, 0.3) is 0 Å². The molecule has 27 heavy (non-hydrogen) atoms. The normalized spacial score (nSPS) is 16.9. The van der Waals surface area contributed by atoms with Crippen molar-refractivity contribution < 1.29 is 26.6 Å². The molecule has 1 atom stereocenters. The largest absolute Gasteiger partial charge is 1.00 e. The minimum absolute atomic E-state index is 0. The Kier molecular flexibility index (Phi) is 6.11. The summed E-state index contributed by atoms with van der Waals surface area (Å²) in [6, 6.07) is 31.3. The average Bonchev–Trinajstić information content (AvgIpc) is 3.04. The van der Waals surface area contributed by atoms with E-state index >= 15 is 0 Å². The standard InChI is InChI=1S/C22H21NO2P.BrH/c1-23-22(24)21(17-25-23)26(18-11-5-2-6-12-18,19-13-7-3-8-14-19)20-15-9-4-10-16-20;/h2-16,21H,17H2,1H3;1H/q+1;/p-1. The van der Waals surface area contributed by atoms with E-state index in [1.54, 1.807) is 7.05 Å². The van der Waals surface area contributed by atoms with E-state index in [0.717, 1.165) is 0 Å². The van der Waals surface area contributed by atoms with E-state index in [0.29, 0.717) is 6.61 Å². The zero-order valence-corrected chi connectivity index (χ0v) is 17.5. The van der Waals surface area contributed by atoms with Crippen LogP contribution in [-0.4, -0.2) is 30.3 Å². The Bertz CT molecular complexity index is 793. The fourth-order valence-corrected chi connectivity index (χ4v) is 8.47. The van der Waals surface area contributed by atoms with Crippen molar-refractivity contribution in [1.29, 1.82) is 0 Å². The van der Waals surface area contributed by atoms with Gasteiger partial charge in [0.1, 0.15) is 29.8 Å². The molecule has 0 bridgehead atoms. The minimum Gasteiger partial charge on any atom is -1.00 e. The molecule has 138 valence electrons. The fourth-order valence-electron chi connectivity index (χ4n) is 3.78. The number of hydrogen-bond donors (Lipinski definition) is 0. The molecular weight excluding hydrogens is 421 g/mol. The average molecular weight is 442 g/mol. The van der Waals surface area contributed by atoms with E-state index in [9.17, 15) is 4.79 Å². The molecule has 3 aromatic rings. The monoisotopic (exact) mass is 441 g/mol. The van der Waals surface area contributed by atoms with Gasteiger partial charge in [-0.3, -0.25) is 9.63 Å². The lowest BCUT2D eigenvalue weighted by Crippen LogP contribution is -3.00. The summed E-state index contributed by atoms with van der Waals surface area (Å²) in [4.78, 5) is 18.8. The van der Waals surface area contributed by atoms with Gasteiger partial charge < -0.3 is 17.0 Å². The van der Waals surface area contributed by atoms with Crippen molar-refractivity contribution in [2.75, 3.05) is 13.7 Å². The van der Waals surface area contributed by atoms with Crippen LogP contribution >= 0.6 is 7.26 Å². The number of carbonyl (C=O) groups excluding carboxylic acids is 1. The predicted octanol–water partition coefficient (Wildman–Crippen LogP) is -0.243. The van der Waals surface area contributed by atoms with E-state index in [1.807, 2.05) is 18.2 Å². The van der Waals surface area contributed by atoms with Crippen molar-refractivity contribution in [2.24, 2.45) is 0 Å². The van der Waals surface area contributed by atoms with Crippen molar-refractivity contribution in [3.05, 3.63) is 91.0 Å². The lowest BCUT2D eigenvalue weighted by atomic mass is 10.3. The summed E-state index contributed by atoms with van der Waals surface area (Å²) in [5.74, 6) is 0.0508. The van der Waals surface area contributed by atoms with Gasteiger partial charge in [-0.2, -0.15) is 0 Å². The van der Waals surface area contributed by atoms with Crippen molar-refractivity contribution in [1.82, 2.24) is 5.06 Å². The van der Waals surface area contributed by atoms with Crippen molar-refractivity contribution in [3.63, 3.8) is 0 Å². The lowest BCUT2D eigenvalue weighted by molar-refractivity contribution is -0.154. The van der Waals surface area contributed by atoms with E-state index in [-0.39, 0.29) is 28.5 Å². The molecule has 0 aromatic heterocycles. The molecule has 0 N–H and O–H groups in total. The van der Waals surface area contributed by atoms with Gasteiger partial charge in [0.05, 0.1) is 0 Å². The molecule has 3 nitrogen and oxygen atoms in total. The van der Waals surface area contributed by atoms with Crippen LogP contribution in [0.2, 0.25) is 0 Å². The highest BCUT2D eigenvalue weighted by molar-refractivity contribution is 7.96. The van der Waals surface area contributed by atoms with Crippen LogP contribution in [0.4, 0.5) is 0 Å². The molecule has 5 heteroatoms. The van der Waals surface area contributed by atoms with Crippen molar-refractivity contribution >= 4 is 29.1 Å². The Morgan fingerprint density at radius 3 is 1.44 bits per heavy atom. The molecule has 1 fully saturated rings. The Hall–Kier alpha value is -2.00. The first kappa shape index (κ1) is 19.8. The summed E-state index contributed by atoms with van der Waals surface area (Å²) in [6.07, 6.45) is 0. The third-order valence-electron chi connectivity index (χ3n) is 4.98. The molecule has 1 aliphatic heterocycles. The first-order valence-corrected chi connectivity index (χ1v) is 10.6. The molecule has 1 amide bonds. The summed E-state index contributed by atoms with van der Waals surface area (Å²) in [6.45, 7) is 0.405. The Morgan fingerprint density at radius 1 is 0.778 bits per heavy atom. The fraction of sp³-hybridized carbons (Fsp3) is 0.136. The van der Waals surface area contributed by atoms with Crippen molar-refractivity contribution in [3.8, 4) is 0 Å². The zero-order valence-electron chi connectivity index (χ0n) is 15.0. The smallest absolute Gasteiger partial charge is 0.290 e. The van der Waals surface area contributed by atoms with Gasteiger partial charge in [0.2, 0.25) is 0 Å². The van der Waals surface area contributed by atoms with Gasteiger partial charge in [0, 0.05) is 7.05 Å². The first-order valence-electron chi connectivity index (χ1n) is 8.70. The molecule has 1 aliphatic rings. The predicted molar refractivity (Wildman–Crippen MR) is 108 cm³/mol. The van der Waals surface area contributed by atoms with Gasteiger partial charge in [-0.15, -0.1) is 0 Å². The number of benzene rings is 3. The van der Waals surface area contributed by atoms with Crippen LogP contribution in [0, 0.1) is 0 Å². The van der Waals surface area contributed by atoms with Crippen LogP contribution in [0.3, 0.4) is 0 Å². The van der Waals surface area contributed by atoms with E-state index in [4.69, 9.17) is 4.84 Å². The molecule has 1 unspecified atom stereocenters. The van der Waals surface area contributed by atoms with Gasteiger partial charge in [-0.05, 0) is 36.4 Å². The van der Waals surface area contributed by atoms with Crippen LogP contribution < -0.4 is 32.9 Å². The van der Waals surface area contributed by atoms with Gasteiger partial charge in [0.25, 0.3) is 5.91 Å². The van der Waals surface area contributed by atoms with Crippen LogP contribution in [0.1, 0.15) is 0 Å². The summed E-state index contributed by atoms with van der Waals surface area (Å²) in [7, 11) is -0.504. The molecule has 0 aliphatic carbocycles. The molecular formula is C22H21BrNO2P. The molecule has 3 aromatic carbocycles. The number of rotatable bonds is 4. The first-order chi connectivity index (χ1) is 12.7. The summed E-state index contributed by atoms with van der Waals surface area (Å²) >= 11 is 0. The highest BCUT2D eigenvalue weighted by atomic mass is 79.9. The van der Waals surface area contributed by atoms with E-state index < -0.39 is 7.26 Å². The van der Waals surface area contributed by atoms with Crippen LogP contribution in [0.15, 0.2) is 91.0 Å². The molecule has 0 spiro atoms. The van der Waals surface area contributed by atoms with Crippen LogP contribution in [-0.2, 0) is 9.63 Å². The zero-order chi connectivity index (χ0) is 18.0. The number of nitrogens with zero attached hydrogens (tertiary/aromatic N) is 1. The third-order valence-corrected chi connectivity index (χ3v) is 9.62. The highest BCUT2D eigenvalue weighted by Crippen LogP contribution is 2.61. The number of hydrogen-bond acceptors (Lipinski definition) is 2. The number of halogens is 1.